The quantitative estimate of drug-likeness (QED) is 0.409. The molecule has 2 aromatic carbocycles. The van der Waals surface area contributed by atoms with Crippen molar-refractivity contribution in [3.8, 4) is 11.5 Å². The molecule has 0 bridgehead atoms. The number of nitrogens with one attached hydrogen (secondary N) is 1. The highest BCUT2D eigenvalue weighted by Crippen LogP contribution is 2.32. The lowest BCUT2D eigenvalue weighted by Gasteiger charge is -2.17. The van der Waals surface area contributed by atoms with Crippen LogP contribution in [-0.4, -0.2) is 43.0 Å². The molecule has 0 aromatic heterocycles. The fraction of sp³-hybridized carbons (Fsp3) is 0.318. The molecule has 7 nitrogen and oxygen atoms in total. The van der Waals surface area contributed by atoms with Crippen molar-refractivity contribution in [2.24, 2.45) is 4.99 Å². The highest BCUT2D eigenvalue weighted by atomic mass is 32.2. The Morgan fingerprint density at radius 3 is 2.60 bits per heavy atom. The van der Waals surface area contributed by atoms with Gasteiger partial charge in [0.2, 0.25) is 11.8 Å². The first-order chi connectivity index (χ1) is 14.6. The third kappa shape index (κ3) is 4.94. The van der Waals surface area contributed by atoms with Crippen molar-refractivity contribution in [1.29, 1.82) is 0 Å². The number of nitrogens with zero attached hydrogens (tertiary/aromatic N) is 2. The summed E-state index contributed by atoms with van der Waals surface area (Å²) in [5.41, 5.74) is 1.29. The highest BCUT2D eigenvalue weighted by molar-refractivity contribution is 8.15. The van der Waals surface area contributed by atoms with Gasteiger partial charge < -0.3 is 14.8 Å². The molecule has 1 heterocycles. The Bertz CT molecular complexity index is 930. The molecule has 30 heavy (non-hydrogen) atoms. The van der Waals surface area contributed by atoms with Crippen LogP contribution in [0.1, 0.15) is 19.8 Å². The molecule has 1 fully saturated rings. The van der Waals surface area contributed by atoms with Gasteiger partial charge in [-0.1, -0.05) is 30.8 Å². The minimum absolute atomic E-state index is 0.115. The lowest BCUT2D eigenvalue weighted by atomic mass is 10.3. The normalized spacial score (nSPS) is 16.7. The smallest absolute Gasteiger partial charge is 0.247 e. The van der Waals surface area contributed by atoms with Gasteiger partial charge in [0, 0.05) is 13.5 Å². The fourth-order valence-corrected chi connectivity index (χ4v) is 3.99. The van der Waals surface area contributed by atoms with Gasteiger partial charge in [-0.25, -0.2) is 4.90 Å². The third-order valence-electron chi connectivity index (χ3n) is 4.48. The van der Waals surface area contributed by atoms with Crippen LogP contribution >= 0.6 is 11.8 Å². The average Bonchev–Trinajstić information content (AvgIpc) is 3.05. The van der Waals surface area contributed by atoms with Crippen molar-refractivity contribution < 1.29 is 19.1 Å². The van der Waals surface area contributed by atoms with Crippen molar-refractivity contribution in [1.82, 2.24) is 0 Å². The number of para-hydroxylation sites is 2. The molecular formula is C22H25N3O4S. The number of hydrogen-bond donors (Lipinski definition) is 1. The van der Waals surface area contributed by atoms with Gasteiger partial charge in [0.15, 0.2) is 5.17 Å². The van der Waals surface area contributed by atoms with E-state index < -0.39 is 5.25 Å². The molecule has 1 saturated heterocycles. The topological polar surface area (TPSA) is 80.2 Å². The maximum absolute atomic E-state index is 12.9. The SMILES string of the molecule is CCCOc1ccc(N2C(=O)C[C@H](SC(=NC)Nc3ccccc3OC)C2=O)cc1. The van der Waals surface area contributed by atoms with E-state index in [4.69, 9.17) is 9.47 Å². The molecule has 158 valence electrons. The molecule has 2 aromatic rings. The van der Waals surface area contributed by atoms with Crippen LogP contribution < -0.4 is 19.7 Å². The minimum atomic E-state index is -0.547. The summed E-state index contributed by atoms with van der Waals surface area (Å²) in [4.78, 5) is 31.0. The molecule has 1 atom stereocenters. The lowest BCUT2D eigenvalue weighted by Crippen LogP contribution is -2.31. The summed E-state index contributed by atoms with van der Waals surface area (Å²) in [6.45, 7) is 2.66. The second kappa shape index (κ2) is 10.2. The monoisotopic (exact) mass is 427 g/mol. The first-order valence-electron chi connectivity index (χ1n) is 9.70. The van der Waals surface area contributed by atoms with E-state index in [1.807, 2.05) is 31.2 Å². The summed E-state index contributed by atoms with van der Waals surface area (Å²) < 4.78 is 10.9. The molecule has 1 aliphatic heterocycles. The molecule has 0 radical (unpaired) electrons. The minimum Gasteiger partial charge on any atom is -0.495 e. The Morgan fingerprint density at radius 2 is 1.93 bits per heavy atom. The molecular weight excluding hydrogens is 402 g/mol. The molecule has 0 unspecified atom stereocenters. The summed E-state index contributed by atoms with van der Waals surface area (Å²) in [5.74, 6) is 0.898. The second-order valence-electron chi connectivity index (χ2n) is 6.57. The molecule has 8 heteroatoms. The van der Waals surface area contributed by atoms with Crippen LogP contribution in [0.4, 0.5) is 11.4 Å². The van der Waals surface area contributed by atoms with E-state index in [-0.39, 0.29) is 18.2 Å². The number of carbonyl (C=O) groups is 2. The Morgan fingerprint density at radius 1 is 1.20 bits per heavy atom. The zero-order valence-electron chi connectivity index (χ0n) is 17.3. The van der Waals surface area contributed by atoms with Crippen LogP contribution in [0, 0.1) is 0 Å². The number of benzene rings is 2. The van der Waals surface area contributed by atoms with Crippen molar-refractivity contribution in [3.05, 3.63) is 48.5 Å². The third-order valence-corrected chi connectivity index (χ3v) is 5.64. The molecule has 0 saturated carbocycles. The Labute approximate surface area is 180 Å². The summed E-state index contributed by atoms with van der Waals surface area (Å²) in [7, 11) is 3.23. The van der Waals surface area contributed by atoms with Gasteiger partial charge in [-0.15, -0.1) is 0 Å². The maximum atomic E-state index is 12.9. The van der Waals surface area contributed by atoms with Gasteiger partial charge in [0.05, 0.1) is 25.1 Å². The van der Waals surface area contributed by atoms with E-state index in [2.05, 4.69) is 10.3 Å². The van der Waals surface area contributed by atoms with Crippen LogP contribution in [0.2, 0.25) is 0 Å². The molecule has 1 aliphatic rings. The van der Waals surface area contributed by atoms with Crippen molar-refractivity contribution in [2.45, 2.75) is 25.0 Å². The number of amides is 2. The number of aliphatic imine (C=N–C) groups is 1. The predicted octanol–water partition coefficient (Wildman–Crippen LogP) is 3.95. The van der Waals surface area contributed by atoms with Gasteiger partial charge in [-0.2, -0.15) is 0 Å². The highest BCUT2D eigenvalue weighted by Gasteiger charge is 2.40. The van der Waals surface area contributed by atoms with E-state index in [1.54, 1.807) is 38.4 Å². The Kier molecular flexibility index (Phi) is 7.35. The average molecular weight is 428 g/mol. The van der Waals surface area contributed by atoms with E-state index in [1.165, 1.54) is 16.7 Å². The zero-order valence-corrected chi connectivity index (χ0v) is 18.1. The number of thioether (sulfide) groups is 1. The number of imide groups is 1. The summed E-state index contributed by atoms with van der Waals surface area (Å²) in [6, 6.07) is 14.5. The van der Waals surface area contributed by atoms with E-state index >= 15 is 0 Å². The van der Waals surface area contributed by atoms with Gasteiger partial charge in [-0.05, 0) is 42.8 Å². The Hall–Kier alpha value is -3.00. The van der Waals surface area contributed by atoms with Crippen LogP contribution in [0.3, 0.4) is 0 Å². The number of carbonyl (C=O) groups excluding carboxylic acids is 2. The Balaban J connectivity index is 1.69. The summed E-state index contributed by atoms with van der Waals surface area (Å²) >= 11 is 1.24. The van der Waals surface area contributed by atoms with E-state index in [9.17, 15) is 9.59 Å². The zero-order chi connectivity index (χ0) is 21.5. The second-order valence-corrected chi connectivity index (χ2v) is 7.77. The lowest BCUT2D eigenvalue weighted by molar-refractivity contribution is -0.121. The van der Waals surface area contributed by atoms with Crippen LogP contribution in [0.5, 0.6) is 11.5 Å². The molecule has 1 N–H and O–H groups in total. The number of hydrogen-bond acceptors (Lipinski definition) is 6. The van der Waals surface area contributed by atoms with Gasteiger partial charge >= 0.3 is 0 Å². The summed E-state index contributed by atoms with van der Waals surface area (Å²) in [6.07, 6.45) is 1.03. The largest absolute Gasteiger partial charge is 0.495 e. The van der Waals surface area contributed by atoms with Gasteiger partial charge in [0.25, 0.3) is 0 Å². The number of amidine groups is 1. The first-order valence-corrected chi connectivity index (χ1v) is 10.6. The van der Waals surface area contributed by atoms with E-state index in [0.29, 0.717) is 29.0 Å². The van der Waals surface area contributed by atoms with Crippen molar-refractivity contribution in [3.63, 3.8) is 0 Å². The first kappa shape index (κ1) is 21.7. The van der Waals surface area contributed by atoms with E-state index in [0.717, 1.165) is 12.1 Å². The van der Waals surface area contributed by atoms with Gasteiger partial charge in [-0.3, -0.25) is 14.6 Å². The fourth-order valence-electron chi connectivity index (χ4n) is 3.01. The molecule has 0 spiro atoms. The van der Waals surface area contributed by atoms with Gasteiger partial charge in [0.1, 0.15) is 16.7 Å². The number of anilines is 2. The maximum Gasteiger partial charge on any atom is 0.247 e. The van der Waals surface area contributed by atoms with Crippen LogP contribution in [-0.2, 0) is 9.59 Å². The molecule has 3 rings (SSSR count). The summed E-state index contributed by atoms with van der Waals surface area (Å²) in [5, 5.41) is 3.17. The van der Waals surface area contributed by atoms with Crippen LogP contribution in [0.15, 0.2) is 53.5 Å². The standard InChI is InChI=1S/C22H25N3O4S/c1-4-13-29-16-11-9-15(10-12-16)25-20(26)14-19(21(25)27)30-22(23-2)24-17-7-5-6-8-18(17)28-3/h5-12,19H,4,13-14H2,1-3H3,(H,23,24)/t19-/m0/s1. The number of ether oxygens (including phenoxy) is 2. The number of methoxy groups -OCH3 is 1. The molecule has 2 amide bonds. The number of rotatable bonds is 7. The predicted molar refractivity (Wildman–Crippen MR) is 121 cm³/mol. The van der Waals surface area contributed by atoms with Crippen molar-refractivity contribution >= 4 is 40.1 Å². The molecule has 0 aliphatic carbocycles. The van der Waals surface area contributed by atoms with Crippen molar-refractivity contribution in [2.75, 3.05) is 31.0 Å². The van der Waals surface area contributed by atoms with Crippen LogP contribution in [0.25, 0.3) is 0 Å².